The van der Waals surface area contributed by atoms with Gasteiger partial charge in [0.05, 0.1) is 26.5 Å². The largest absolute Gasteiger partial charge is 0.450 e. The topological polar surface area (TPSA) is 60.4 Å². The molecule has 6 aromatic rings. The Morgan fingerprint density at radius 2 is 1.87 bits per heavy atom. The number of hydrogen-bond acceptors (Lipinski definition) is 8. The number of fused-ring (bicyclic) bond motifs is 4. The third-order valence-electron chi connectivity index (χ3n) is 7.02. The lowest BCUT2D eigenvalue weighted by Crippen LogP contribution is -2.38. The van der Waals surface area contributed by atoms with E-state index in [0.29, 0.717) is 10.3 Å². The fourth-order valence-electron chi connectivity index (χ4n) is 5.29. The van der Waals surface area contributed by atoms with Crippen molar-refractivity contribution in [3.05, 3.63) is 125 Å². The second-order valence-corrected chi connectivity index (χ2v) is 13.6. The highest BCUT2D eigenvalue weighted by Crippen LogP contribution is 2.42. The van der Waals surface area contributed by atoms with Crippen LogP contribution in [0.5, 0.6) is 0 Å². The number of thiazole rings is 2. The molecule has 4 aromatic heterocycles. The van der Waals surface area contributed by atoms with Crippen molar-refractivity contribution in [3.63, 3.8) is 0 Å². The molecule has 0 bridgehead atoms. The molecule has 1 aliphatic heterocycles. The van der Waals surface area contributed by atoms with Crippen LogP contribution in [0.2, 0.25) is 0 Å². The summed E-state index contributed by atoms with van der Waals surface area (Å²) >= 11 is 6.26. The van der Waals surface area contributed by atoms with E-state index in [0.717, 1.165) is 47.9 Å². The van der Waals surface area contributed by atoms with Crippen LogP contribution >= 0.6 is 45.8 Å². The number of aromatic nitrogens is 2. The monoisotopic (exact) mass is 581 g/mol. The molecular formula is C30H19N3O2S4. The maximum absolute atomic E-state index is 13.8. The van der Waals surface area contributed by atoms with E-state index in [9.17, 15) is 4.79 Å². The van der Waals surface area contributed by atoms with Crippen LogP contribution in [0.4, 0.5) is 0 Å². The van der Waals surface area contributed by atoms with E-state index >= 15 is 0 Å². The molecule has 5 heterocycles. The number of aryl methyl sites for hydroxylation is 1. The zero-order chi connectivity index (χ0) is 25.9. The number of thiophene rings is 1. The molecule has 0 amide bonds. The number of para-hydroxylation sites is 1. The molecule has 1 aliphatic carbocycles. The smallest absolute Gasteiger partial charge is 0.271 e. The van der Waals surface area contributed by atoms with Crippen molar-refractivity contribution in [3.8, 4) is 0 Å². The van der Waals surface area contributed by atoms with Crippen molar-refractivity contribution < 1.29 is 4.42 Å². The molecule has 0 spiro atoms. The van der Waals surface area contributed by atoms with Crippen LogP contribution in [0.1, 0.15) is 34.2 Å². The van der Waals surface area contributed by atoms with Crippen LogP contribution in [-0.2, 0) is 6.42 Å². The van der Waals surface area contributed by atoms with Crippen LogP contribution in [0.25, 0.3) is 22.0 Å². The van der Waals surface area contributed by atoms with Crippen LogP contribution < -0.4 is 14.9 Å². The zero-order valence-corrected chi connectivity index (χ0v) is 23.6. The number of benzene rings is 2. The van der Waals surface area contributed by atoms with Gasteiger partial charge in [0.2, 0.25) is 0 Å². The Hall–Kier alpha value is -3.50. The lowest BCUT2D eigenvalue weighted by Gasteiger charge is -2.30. The highest BCUT2D eigenvalue weighted by Gasteiger charge is 2.33. The molecule has 1 unspecified atom stereocenters. The van der Waals surface area contributed by atoms with E-state index < -0.39 is 0 Å². The van der Waals surface area contributed by atoms with Gasteiger partial charge in [0.25, 0.3) is 5.56 Å². The highest BCUT2D eigenvalue weighted by molar-refractivity contribution is 8.01. The molecule has 2 aromatic carbocycles. The Bertz CT molecular complexity index is 2060. The summed E-state index contributed by atoms with van der Waals surface area (Å²) in [5.41, 5.74) is 5.71. The first-order valence-corrected chi connectivity index (χ1v) is 15.8. The predicted molar refractivity (Wildman–Crippen MR) is 160 cm³/mol. The fraction of sp³-hybridized carbons (Fsp3) is 0.100. The molecule has 0 radical (unpaired) electrons. The third-order valence-corrected chi connectivity index (χ3v) is 10.9. The van der Waals surface area contributed by atoms with E-state index in [2.05, 4.69) is 52.8 Å². The number of nitrogens with zero attached hydrogens (tertiary/aromatic N) is 3. The van der Waals surface area contributed by atoms with Gasteiger partial charge < -0.3 is 4.42 Å². The van der Waals surface area contributed by atoms with Gasteiger partial charge in [-0.2, -0.15) is 0 Å². The maximum atomic E-state index is 13.8. The van der Waals surface area contributed by atoms with Gasteiger partial charge in [-0.3, -0.25) is 9.36 Å². The molecule has 5 nitrogen and oxygen atoms in total. The Morgan fingerprint density at radius 3 is 2.77 bits per heavy atom. The summed E-state index contributed by atoms with van der Waals surface area (Å²) in [4.78, 5) is 25.5. The van der Waals surface area contributed by atoms with Gasteiger partial charge in [-0.25, -0.2) is 9.98 Å². The summed E-state index contributed by atoms with van der Waals surface area (Å²) in [5.74, 6) is 0.644. The van der Waals surface area contributed by atoms with Crippen LogP contribution in [0.3, 0.4) is 0 Å². The van der Waals surface area contributed by atoms with E-state index in [4.69, 9.17) is 9.41 Å². The van der Waals surface area contributed by atoms with Crippen LogP contribution in [0, 0.1) is 0 Å². The van der Waals surface area contributed by atoms with E-state index in [1.165, 1.54) is 39.8 Å². The number of allylic oxidation sites excluding steroid dienone is 1. The number of furan rings is 1. The summed E-state index contributed by atoms with van der Waals surface area (Å²) in [6.07, 6.45) is 3.69. The van der Waals surface area contributed by atoms with Crippen molar-refractivity contribution >= 4 is 67.8 Å². The Kier molecular flexibility index (Phi) is 5.58. The van der Waals surface area contributed by atoms with Gasteiger partial charge in [0, 0.05) is 16.5 Å². The third kappa shape index (κ3) is 4.00. The normalized spacial score (nSPS) is 16.7. The quantitative estimate of drug-likeness (QED) is 0.232. The molecule has 0 N–H and O–H groups in total. The standard InChI is InChI=1S/C30H19N3O2S4/c34-28-24(16-18-12-14-25(35-18)39-30-31-21-8-3-4-9-22(21)38-30)37-29-32-26-19-7-2-1-6-17(19)11-13-20(26)27(33(28)29)23-10-5-15-36-23/h1-10,12,14-16,27H,11,13H2/b24-16+. The average Bonchev–Trinajstić information content (AvgIpc) is 3.76. The first-order chi connectivity index (χ1) is 19.2. The fourth-order valence-corrected chi connectivity index (χ4v) is 9.09. The molecule has 0 saturated heterocycles. The van der Waals surface area contributed by atoms with Gasteiger partial charge in [-0.05, 0) is 71.5 Å². The van der Waals surface area contributed by atoms with Gasteiger partial charge in [0.1, 0.15) is 5.76 Å². The lowest BCUT2D eigenvalue weighted by atomic mass is 9.85. The summed E-state index contributed by atoms with van der Waals surface area (Å²) in [6.45, 7) is 0. The Labute approximate surface area is 239 Å². The summed E-state index contributed by atoms with van der Waals surface area (Å²) in [6, 6.07) is 24.5. The second kappa shape index (κ2) is 9.31. The van der Waals surface area contributed by atoms with Crippen molar-refractivity contribution in [2.75, 3.05) is 0 Å². The van der Waals surface area contributed by atoms with Gasteiger partial charge in [0.15, 0.2) is 14.2 Å². The van der Waals surface area contributed by atoms with Crippen molar-refractivity contribution in [1.82, 2.24) is 9.55 Å². The van der Waals surface area contributed by atoms with Gasteiger partial charge >= 0.3 is 0 Å². The van der Waals surface area contributed by atoms with E-state index in [1.54, 1.807) is 22.7 Å². The van der Waals surface area contributed by atoms with Crippen LogP contribution in [0.15, 0.2) is 107 Å². The molecule has 39 heavy (non-hydrogen) atoms. The molecule has 0 saturated carbocycles. The zero-order valence-electron chi connectivity index (χ0n) is 20.4. The predicted octanol–water partition coefficient (Wildman–Crippen LogP) is 6.73. The minimum absolute atomic E-state index is 0.0284. The SMILES string of the molecule is O=c1/c(=C\c2ccc(Sc3nc4ccccc4s3)o2)sc2n1C(c1cccs1)C1=C(N=2)c2ccccc2CC1. The molecule has 8 rings (SSSR count). The Balaban J connectivity index is 1.21. The molecule has 9 heteroatoms. The second-order valence-electron chi connectivity index (χ2n) is 9.34. The molecule has 190 valence electrons. The van der Waals surface area contributed by atoms with E-state index in [-0.39, 0.29) is 11.6 Å². The minimum atomic E-state index is -0.131. The average molecular weight is 582 g/mol. The van der Waals surface area contributed by atoms with Crippen LogP contribution in [-0.4, -0.2) is 9.55 Å². The van der Waals surface area contributed by atoms with Crippen molar-refractivity contribution in [2.24, 2.45) is 4.99 Å². The lowest BCUT2D eigenvalue weighted by molar-refractivity contribution is 0.466. The van der Waals surface area contributed by atoms with Gasteiger partial charge in [-0.15, -0.1) is 22.7 Å². The van der Waals surface area contributed by atoms with Crippen molar-refractivity contribution in [1.29, 1.82) is 0 Å². The van der Waals surface area contributed by atoms with E-state index in [1.807, 2.05) is 41.0 Å². The maximum Gasteiger partial charge on any atom is 0.271 e. The number of hydrogen-bond donors (Lipinski definition) is 0. The van der Waals surface area contributed by atoms with Gasteiger partial charge in [-0.1, -0.05) is 53.8 Å². The minimum Gasteiger partial charge on any atom is -0.450 e. The molecule has 0 fully saturated rings. The van der Waals surface area contributed by atoms with Crippen molar-refractivity contribution in [2.45, 2.75) is 28.3 Å². The molecule has 2 aliphatic rings. The number of rotatable bonds is 4. The summed E-state index contributed by atoms with van der Waals surface area (Å²) in [5, 5.41) is 2.83. The summed E-state index contributed by atoms with van der Waals surface area (Å²) < 4.78 is 10.7. The first-order valence-electron chi connectivity index (χ1n) is 12.5. The Morgan fingerprint density at radius 1 is 0.974 bits per heavy atom. The molecule has 1 atom stereocenters. The molecular weight excluding hydrogens is 563 g/mol. The summed E-state index contributed by atoms with van der Waals surface area (Å²) in [7, 11) is 0. The highest BCUT2D eigenvalue weighted by atomic mass is 32.2. The first kappa shape index (κ1) is 23.4.